The molecule has 0 unspecified atom stereocenters. The summed E-state index contributed by atoms with van der Waals surface area (Å²) < 4.78 is 9.25. The number of rotatable bonds is 2. The van der Waals surface area contributed by atoms with E-state index >= 15 is 0 Å². The smallest absolute Gasteiger partial charge is 0.333 e. The van der Waals surface area contributed by atoms with Crippen LogP contribution in [0.3, 0.4) is 0 Å². The van der Waals surface area contributed by atoms with Crippen LogP contribution in [-0.2, 0) is 0 Å². The Balaban J connectivity index is 1.32. The first kappa shape index (κ1) is 27.3. The molecule has 0 N–H and O–H groups in total. The number of benzene rings is 8. The van der Waals surface area contributed by atoms with Gasteiger partial charge in [0.25, 0.3) is 0 Å². The van der Waals surface area contributed by atoms with Crippen molar-refractivity contribution in [3.8, 4) is 28.1 Å². The molecule has 3 nitrogen and oxygen atoms in total. The lowest BCUT2D eigenvalue weighted by atomic mass is 9.43. The van der Waals surface area contributed by atoms with Crippen molar-refractivity contribution in [1.29, 1.82) is 0 Å². The third kappa shape index (κ3) is 3.54. The second-order valence-electron chi connectivity index (χ2n) is 14.1. The van der Waals surface area contributed by atoms with Gasteiger partial charge in [0.05, 0.1) is 11.0 Å². The Labute approximate surface area is 294 Å². The molecule has 0 atom stereocenters. The summed E-state index contributed by atoms with van der Waals surface area (Å²) >= 11 is 0. The van der Waals surface area contributed by atoms with E-state index in [0.29, 0.717) is 0 Å². The van der Waals surface area contributed by atoms with Crippen LogP contribution >= 0.6 is 0 Å². The Bertz CT molecular complexity index is 3100. The van der Waals surface area contributed by atoms with Crippen LogP contribution in [0.15, 0.2) is 162 Å². The average Bonchev–Trinajstić information content (AvgIpc) is 3.77. The predicted molar refractivity (Wildman–Crippen MR) is 215 cm³/mol. The third-order valence-corrected chi connectivity index (χ3v) is 11.4. The molecule has 0 radical (unpaired) electrons. The molecule has 0 saturated carbocycles. The normalized spacial score (nSPS) is 13.1. The van der Waals surface area contributed by atoms with E-state index in [1.54, 1.807) is 0 Å². The number of anilines is 2. The van der Waals surface area contributed by atoms with Gasteiger partial charge in [0.2, 0.25) is 0 Å². The van der Waals surface area contributed by atoms with E-state index in [1.807, 2.05) is 0 Å². The lowest BCUT2D eigenvalue weighted by Gasteiger charge is -2.42. The van der Waals surface area contributed by atoms with Crippen molar-refractivity contribution in [2.24, 2.45) is 0 Å². The maximum atomic E-state index is 6.69. The molecule has 12 rings (SSSR count). The fraction of sp³-hybridized carbons (Fsp3) is 0.0213. The van der Waals surface area contributed by atoms with Gasteiger partial charge in [0, 0.05) is 50.4 Å². The fourth-order valence-corrected chi connectivity index (χ4v) is 9.27. The molecule has 10 aromatic rings. The highest BCUT2D eigenvalue weighted by atomic mass is 16.3. The molecule has 2 aromatic heterocycles. The lowest BCUT2D eigenvalue weighted by molar-refractivity contribution is 0.631. The molecule has 0 amide bonds. The van der Waals surface area contributed by atoms with Crippen LogP contribution in [0.1, 0.15) is 5.56 Å². The summed E-state index contributed by atoms with van der Waals surface area (Å²) in [6.07, 6.45) is 0. The molecule has 0 saturated heterocycles. The Kier molecular flexibility index (Phi) is 5.25. The first-order chi connectivity index (χ1) is 25.2. The van der Waals surface area contributed by atoms with Gasteiger partial charge in [0.1, 0.15) is 11.3 Å². The SMILES string of the molecule is Cc1ccc(N2B3c4cc5cc(-c6ccccc6)oc5cc4-n4c5ccc6ccccc6c5c5c6ccccc6c(c3c54)-c3ccccc32)cc1. The van der Waals surface area contributed by atoms with Crippen molar-refractivity contribution in [3.05, 3.63) is 163 Å². The van der Waals surface area contributed by atoms with E-state index in [2.05, 4.69) is 174 Å². The number of fused-ring (bicyclic) bond motifs is 14. The van der Waals surface area contributed by atoms with Crippen LogP contribution < -0.4 is 15.7 Å². The highest BCUT2D eigenvalue weighted by molar-refractivity contribution is 6.94. The zero-order chi connectivity index (χ0) is 33.4. The van der Waals surface area contributed by atoms with Crippen LogP contribution in [0.5, 0.6) is 0 Å². The van der Waals surface area contributed by atoms with Crippen molar-refractivity contribution >= 4 is 83.5 Å². The molecule has 236 valence electrons. The van der Waals surface area contributed by atoms with E-state index in [9.17, 15) is 0 Å². The van der Waals surface area contributed by atoms with Crippen LogP contribution in [0, 0.1) is 6.92 Å². The van der Waals surface area contributed by atoms with E-state index in [1.165, 1.54) is 88.0 Å². The van der Waals surface area contributed by atoms with Gasteiger partial charge >= 0.3 is 6.85 Å². The number of nitrogens with zero attached hydrogens (tertiary/aromatic N) is 2. The van der Waals surface area contributed by atoms with Gasteiger partial charge < -0.3 is 13.8 Å². The van der Waals surface area contributed by atoms with Gasteiger partial charge in [0.15, 0.2) is 0 Å². The summed E-state index contributed by atoms with van der Waals surface area (Å²) in [4.78, 5) is 2.59. The maximum absolute atomic E-state index is 6.69. The van der Waals surface area contributed by atoms with Crippen molar-refractivity contribution in [2.45, 2.75) is 6.92 Å². The summed E-state index contributed by atoms with van der Waals surface area (Å²) in [5, 5.41) is 8.85. The summed E-state index contributed by atoms with van der Waals surface area (Å²) in [6, 6.07) is 58.0. The Morgan fingerprint density at radius 3 is 2.18 bits per heavy atom. The number of para-hydroxylation sites is 1. The summed E-state index contributed by atoms with van der Waals surface area (Å²) in [5.74, 6) is 0.884. The zero-order valence-corrected chi connectivity index (χ0v) is 27.9. The first-order valence-corrected chi connectivity index (χ1v) is 17.7. The van der Waals surface area contributed by atoms with Gasteiger partial charge in [-0.15, -0.1) is 0 Å². The number of aryl methyl sites for hydroxylation is 1. The highest BCUT2D eigenvalue weighted by Gasteiger charge is 2.45. The highest BCUT2D eigenvalue weighted by Crippen LogP contribution is 2.49. The van der Waals surface area contributed by atoms with Crippen LogP contribution in [0.25, 0.3) is 82.5 Å². The van der Waals surface area contributed by atoms with E-state index in [-0.39, 0.29) is 6.85 Å². The van der Waals surface area contributed by atoms with Crippen molar-refractivity contribution in [3.63, 3.8) is 0 Å². The molecule has 4 heterocycles. The molecular formula is C47H29BN2O. The zero-order valence-electron chi connectivity index (χ0n) is 27.9. The van der Waals surface area contributed by atoms with E-state index in [4.69, 9.17) is 4.42 Å². The second-order valence-corrected chi connectivity index (χ2v) is 14.1. The largest absolute Gasteiger partial charge is 0.456 e. The number of hydrogen-bond donors (Lipinski definition) is 0. The van der Waals surface area contributed by atoms with Crippen LogP contribution in [-0.4, -0.2) is 11.4 Å². The maximum Gasteiger partial charge on any atom is 0.333 e. The van der Waals surface area contributed by atoms with Crippen LogP contribution in [0.4, 0.5) is 11.4 Å². The van der Waals surface area contributed by atoms with Gasteiger partial charge in [-0.25, -0.2) is 0 Å². The minimum Gasteiger partial charge on any atom is -0.456 e. The van der Waals surface area contributed by atoms with Gasteiger partial charge in [-0.1, -0.05) is 127 Å². The number of aromatic nitrogens is 1. The molecule has 51 heavy (non-hydrogen) atoms. The minimum absolute atomic E-state index is 0.0673. The van der Waals surface area contributed by atoms with Gasteiger partial charge in [-0.3, -0.25) is 0 Å². The molecule has 2 aliphatic rings. The predicted octanol–water partition coefficient (Wildman–Crippen LogP) is 11.0. The Morgan fingerprint density at radius 1 is 0.569 bits per heavy atom. The molecule has 0 spiro atoms. The van der Waals surface area contributed by atoms with Crippen molar-refractivity contribution in [1.82, 2.24) is 4.57 Å². The minimum atomic E-state index is -0.0673. The van der Waals surface area contributed by atoms with E-state index in [0.717, 1.165) is 22.3 Å². The third-order valence-electron chi connectivity index (χ3n) is 11.4. The quantitative estimate of drug-likeness (QED) is 0.174. The molecule has 0 aliphatic carbocycles. The number of furan rings is 1. The molecule has 2 aliphatic heterocycles. The molecule has 0 bridgehead atoms. The monoisotopic (exact) mass is 648 g/mol. The van der Waals surface area contributed by atoms with Crippen molar-refractivity contribution < 1.29 is 4.42 Å². The first-order valence-electron chi connectivity index (χ1n) is 17.7. The standard InChI is InChI=1S/C47H29BN2O/c1-28-19-22-32(23-20-28)50-38-18-10-9-17-36(38)43-34-15-7-8-16-35(34)45-44-33-14-6-5-11-29(33)21-24-39(44)49-40-27-42-31(25-37(40)48(50)46(43)47(45)49)26-41(51-42)30-12-3-2-4-13-30/h2-27H,1H3. The molecule has 8 aromatic carbocycles. The average molecular weight is 649 g/mol. The summed E-state index contributed by atoms with van der Waals surface area (Å²) in [7, 11) is 0. The van der Waals surface area contributed by atoms with Gasteiger partial charge in [-0.05, 0) is 75.3 Å². The number of hydrogen-bond acceptors (Lipinski definition) is 2. The summed E-state index contributed by atoms with van der Waals surface area (Å²) in [5.41, 5.74) is 14.5. The second kappa shape index (κ2) is 9.80. The fourth-order valence-electron chi connectivity index (χ4n) is 9.27. The summed E-state index contributed by atoms with van der Waals surface area (Å²) in [6.45, 7) is 2.10. The van der Waals surface area contributed by atoms with Crippen LogP contribution in [0.2, 0.25) is 0 Å². The topological polar surface area (TPSA) is 21.3 Å². The van der Waals surface area contributed by atoms with Gasteiger partial charge in [-0.2, -0.15) is 0 Å². The molecule has 4 heteroatoms. The Morgan fingerprint density at radius 2 is 1.31 bits per heavy atom. The Hall–Kier alpha value is -6.52. The van der Waals surface area contributed by atoms with E-state index < -0.39 is 0 Å². The van der Waals surface area contributed by atoms with Crippen molar-refractivity contribution in [2.75, 3.05) is 4.81 Å². The lowest BCUT2D eigenvalue weighted by Crippen LogP contribution is -2.60. The molecule has 0 fully saturated rings. The molecular weight excluding hydrogens is 619 g/mol.